The SMILES string of the molecule is c1cc(CNC2CCCNC2)c2c(c1)OCO2. The van der Waals surface area contributed by atoms with Gasteiger partial charge in [-0.05, 0) is 25.5 Å². The fraction of sp³-hybridized carbons (Fsp3) is 0.538. The van der Waals surface area contributed by atoms with E-state index in [2.05, 4.69) is 16.7 Å². The average molecular weight is 234 g/mol. The second-order valence-corrected chi connectivity index (χ2v) is 4.58. The number of nitrogens with one attached hydrogen (secondary N) is 2. The molecular formula is C13H18N2O2. The van der Waals surface area contributed by atoms with Gasteiger partial charge in [0.05, 0.1) is 0 Å². The lowest BCUT2D eigenvalue weighted by Crippen LogP contribution is -2.42. The molecule has 0 spiro atoms. The van der Waals surface area contributed by atoms with Crippen LogP contribution in [0.3, 0.4) is 0 Å². The summed E-state index contributed by atoms with van der Waals surface area (Å²) in [6.45, 7) is 3.40. The van der Waals surface area contributed by atoms with Crippen LogP contribution in [0.4, 0.5) is 0 Å². The second kappa shape index (κ2) is 4.94. The molecule has 2 heterocycles. The van der Waals surface area contributed by atoms with Crippen molar-refractivity contribution in [3.05, 3.63) is 23.8 Å². The first-order valence-electron chi connectivity index (χ1n) is 6.25. The number of fused-ring (bicyclic) bond motifs is 1. The van der Waals surface area contributed by atoms with Gasteiger partial charge in [-0.15, -0.1) is 0 Å². The minimum Gasteiger partial charge on any atom is -0.454 e. The van der Waals surface area contributed by atoms with Crippen molar-refractivity contribution >= 4 is 0 Å². The highest BCUT2D eigenvalue weighted by Crippen LogP contribution is 2.35. The Hall–Kier alpha value is -1.26. The molecule has 17 heavy (non-hydrogen) atoms. The van der Waals surface area contributed by atoms with E-state index in [-0.39, 0.29) is 0 Å². The molecular weight excluding hydrogens is 216 g/mol. The summed E-state index contributed by atoms with van der Waals surface area (Å²) in [5, 5.41) is 6.97. The number of para-hydroxylation sites is 1. The van der Waals surface area contributed by atoms with Crippen LogP contribution in [-0.2, 0) is 6.54 Å². The summed E-state index contributed by atoms with van der Waals surface area (Å²) in [4.78, 5) is 0. The lowest BCUT2D eigenvalue weighted by atomic mass is 10.1. The van der Waals surface area contributed by atoms with Gasteiger partial charge in [0.15, 0.2) is 11.5 Å². The Morgan fingerprint density at radius 3 is 3.24 bits per heavy atom. The molecule has 1 unspecified atom stereocenters. The van der Waals surface area contributed by atoms with Crippen molar-refractivity contribution in [2.24, 2.45) is 0 Å². The predicted octanol–water partition coefficient (Wildman–Crippen LogP) is 1.26. The largest absolute Gasteiger partial charge is 0.454 e. The van der Waals surface area contributed by atoms with E-state index in [9.17, 15) is 0 Å². The zero-order valence-corrected chi connectivity index (χ0v) is 9.87. The summed E-state index contributed by atoms with van der Waals surface area (Å²) < 4.78 is 10.9. The van der Waals surface area contributed by atoms with Crippen molar-refractivity contribution in [2.45, 2.75) is 25.4 Å². The van der Waals surface area contributed by atoms with Crippen molar-refractivity contribution < 1.29 is 9.47 Å². The van der Waals surface area contributed by atoms with Crippen LogP contribution in [0.5, 0.6) is 11.5 Å². The van der Waals surface area contributed by atoms with Crippen LogP contribution in [0.2, 0.25) is 0 Å². The number of ether oxygens (including phenoxy) is 2. The summed E-state index contributed by atoms with van der Waals surface area (Å²) in [5.74, 6) is 1.77. The first kappa shape index (κ1) is 10.9. The third kappa shape index (κ3) is 2.37. The molecule has 2 aliphatic rings. The van der Waals surface area contributed by atoms with E-state index >= 15 is 0 Å². The molecule has 2 aliphatic heterocycles. The molecule has 3 rings (SSSR count). The Balaban J connectivity index is 1.63. The maximum atomic E-state index is 5.49. The Morgan fingerprint density at radius 1 is 1.35 bits per heavy atom. The monoisotopic (exact) mass is 234 g/mol. The molecule has 1 atom stereocenters. The number of piperidine rings is 1. The van der Waals surface area contributed by atoms with Crippen LogP contribution in [0.25, 0.3) is 0 Å². The van der Waals surface area contributed by atoms with Crippen LogP contribution in [0, 0.1) is 0 Å². The third-order valence-corrected chi connectivity index (χ3v) is 3.36. The first-order valence-corrected chi connectivity index (χ1v) is 6.25. The van der Waals surface area contributed by atoms with Crippen LogP contribution in [0.15, 0.2) is 18.2 Å². The van der Waals surface area contributed by atoms with Gasteiger partial charge in [0.2, 0.25) is 6.79 Å². The molecule has 0 radical (unpaired) electrons. The summed E-state index contributed by atoms with van der Waals surface area (Å²) in [6, 6.07) is 6.64. The number of hydrogen-bond donors (Lipinski definition) is 2. The van der Waals surface area contributed by atoms with Gasteiger partial charge < -0.3 is 20.1 Å². The molecule has 4 nitrogen and oxygen atoms in total. The lowest BCUT2D eigenvalue weighted by molar-refractivity contribution is 0.173. The standard InChI is InChI=1S/C13H18N2O2/c1-3-10(13-12(5-1)16-9-17-13)7-15-11-4-2-6-14-8-11/h1,3,5,11,14-15H,2,4,6-9H2. The Morgan fingerprint density at radius 2 is 2.35 bits per heavy atom. The molecule has 92 valence electrons. The van der Waals surface area contributed by atoms with Crippen LogP contribution < -0.4 is 20.1 Å². The molecule has 0 saturated carbocycles. The fourth-order valence-electron chi connectivity index (χ4n) is 2.41. The average Bonchev–Trinajstić information content (AvgIpc) is 2.86. The first-order chi connectivity index (χ1) is 8.43. The van der Waals surface area contributed by atoms with Crippen molar-refractivity contribution in [3.8, 4) is 11.5 Å². The van der Waals surface area contributed by atoms with Crippen LogP contribution in [0.1, 0.15) is 18.4 Å². The van der Waals surface area contributed by atoms with Gasteiger partial charge in [-0.3, -0.25) is 0 Å². The topological polar surface area (TPSA) is 42.5 Å². The molecule has 0 aliphatic carbocycles. The second-order valence-electron chi connectivity index (χ2n) is 4.58. The molecule has 1 saturated heterocycles. The quantitative estimate of drug-likeness (QED) is 0.826. The number of benzene rings is 1. The van der Waals surface area contributed by atoms with E-state index in [1.54, 1.807) is 0 Å². The van der Waals surface area contributed by atoms with Gasteiger partial charge in [0.25, 0.3) is 0 Å². The normalized spacial score (nSPS) is 22.7. The van der Waals surface area contributed by atoms with Crippen molar-refractivity contribution in [3.63, 3.8) is 0 Å². The highest BCUT2D eigenvalue weighted by atomic mass is 16.7. The van der Waals surface area contributed by atoms with Gasteiger partial charge in [-0.1, -0.05) is 12.1 Å². The van der Waals surface area contributed by atoms with E-state index in [1.807, 2.05) is 12.1 Å². The molecule has 1 aromatic rings. The minimum absolute atomic E-state index is 0.345. The summed E-state index contributed by atoms with van der Waals surface area (Å²) in [6.07, 6.45) is 2.50. The van der Waals surface area contributed by atoms with E-state index in [4.69, 9.17) is 9.47 Å². The van der Waals surface area contributed by atoms with Gasteiger partial charge in [0, 0.05) is 24.7 Å². The Bertz CT molecular complexity index is 389. The van der Waals surface area contributed by atoms with Crippen molar-refractivity contribution in [1.82, 2.24) is 10.6 Å². The van der Waals surface area contributed by atoms with Crippen LogP contribution in [-0.4, -0.2) is 25.9 Å². The summed E-state index contributed by atoms with van der Waals surface area (Å²) in [5.41, 5.74) is 1.19. The smallest absolute Gasteiger partial charge is 0.231 e. The zero-order chi connectivity index (χ0) is 11.5. The highest BCUT2D eigenvalue weighted by Gasteiger charge is 2.18. The fourth-order valence-corrected chi connectivity index (χ4v) is 2.41. The third-order valence-electron chi connectivity index (χ3n) is 3.36. The van der Waals surface area contributed by atoms with Gasteiger partial charge in [0.1, 0.15) is 0 Å². The molecule has 1 fully saturated rings. The molecule has 0 bridgehead atoms. The molecule has 1 aromatic carbocycles. The van der Waals surface area contributed by atoms with E-state index in [0.29, 0.717) is 12.8 Å². The van der Waals surface area contributed by atoms with E-state index < -0.39 is 0 Å². The number of hydrogen-bond acceptors (Lipinski definition) is 4. The predicted molar refractivity (Wildman–Crippen MR) is 65.3 cm³/mol. The minimum atomic E-state index is 0.345. The van der Waals surface area contributed by atoms with Crippen LogP contribution >= 0.6 is 0 Å². The van der Waals surface area contributed by atoms with E-state index in [1.165, 1.54) is 18.4 Å². The summed E-state index contributed by atoms with van der Waals surface area (Å²) >= 11 is 0. The van der Waals surface area contributed by atoms with Gasteiger partial charge >= 0.3 is 0 Å². The maximum Gasteiger partial charge on any atom is 0.231 e. The zero-order valence-electron chi connectivity index (χ0n) is 9.87. The Kier molecular flexibility index (Phi) is 3.16. The Labute approximate surface area is 101 Å². The molecule has 0 amide bonds. The highest BCUT2D eigenvalue weighted by molar-refractivity contribution is 5.48. The maximum absolute atomic E-state index is 5.49. The molecule has 2 N–H and O–H groups in total. The summed E-state index contributed by atoms with van der Waals surface area (Å²) in [7, 11) is 0. The van der Waals surface area contributed by atoms with Gasteiger partial charge in [-0.2, -0.15) is 0 Å². The lowest BCUT2D eigenvalue weighted by Gasteiger charge is -2.24. The van der Waals surface area contributed by atoms with Gasteiger partial charge in [-0.25, -0.2) is 0 Å². The number of rotatable bonds is 3. The van der Waals surface area contributed by atoms with E-state index in [0.717, 1.165) is 31.1 Å². The van der Waals surface area contributed by atoms with Crippen molar-refractivity contribution in [2.75, 3.05) is 19.9 Å². The van der Waals surface area contributed by atoms with Crippen molar-refractivity contribution in [1.29, 1.82) is 0 Å². The molecule has 4 heteroatoms. The molecule has 0 aromatic heterocycles.